The first-order valence-electron chi connectivity index (χ1n) is 10.6. The molecule has 3 rings (SSSR count). The van der Waals surface area contributed by atoms with E-state index in [0.717, 1.165) is 11.1 Å². The van der Waals surface area contributed by atoms with Crippen LogP contribution in [0.15, 0.2) is 60.7 Å². The molecule has 2 aromatic rings. The molecule has 0 bridgehead atoms. The van der Waals surface area contributed by atoms with Gasteiger partial charge in [-0.15, -0.1) is 0 Å². The van der Waals surface area contributed by atoms with Crippen LogP contribution in [0.2, 0.25) is 0 Å². The summed E-state index contributed by atoms with van der Waals surface area (Å²) in [4.78, 5) is 37.5. The van der Waals surface area contributed by atoms with Gasteiger partial charge in [-0.3, -0.25) is 9.59 Å². The van der Waals surface area contributed by atoms with Crippen LogP contribution in [0.5, 0.6) is 0 Å². The molecule has 1 aliphatic heterocycles. The van der Waals surface area contributed by atoms with E-state index < -0.39 is 30.1 Å². The van der Waals surface area contributed by atoms with E-state index in [1.165, 1.54) is 0 Å². The molecule has 0 aromatic heterocycles. The Morgan fingerprint density at radius 3 is 2.28 bits per heavy atom. The van der Waals surface area contributed by atoms with Crippen molar-refractivity contribution in [1.82, 2.24) is 10.6 Å². The minimum absolute atomic E-state index is 0.106. The summed E-state index contributed by atoms with van der Waals surface area (Å²) in [5.41, 5.74) is 1.75. The Hall–Kier alpha value is -3.23. The number of nitrogens with one attached hydrogen (secondary N) is 2. The summed E-state index contributed by atoms with van der Waals surface area (Å²) in [5, 5.41) is 5.52. The van der Waals surface area contributed by atoms with Crippen LogP contribution in [0, 0.1) is 0 Å². The Kier molecular flexibility index (Phi) is 8.77. The smallest absolute Gasteiger partial charge is 0.338 e. The van der Waals surface area contributed by atoms with Gasteiger partial charge in [0.15, 0.2) is 12.2 Å². The molecule has 1 heterocycles. The Morgan fingerprint density at radius 1 is 0.969 bits per heavy atom. The van der Waals surface area contributed by atoms with Crippen LogP contribution in [0.4, 0.5) is 0 Å². The van der Waals surface area contributed by atoms with E-state index in [2.05, 4.69) is 10.6 Å². The SMILES string of the molecule is COCCCNC(=O)[C@H](Cc1ccccc1)NC(=O)[C@H]1O[C@@H]1C(=O)OCc1ccccc1. The quantitative estimate of drug-likeness (QED) is 0.293. The van der Waals surface area contributed by atoms with Crippen LogP contribution in [0.3, 0.4) is 0 Å². The number of benzene rings is 2. The molecular weight excluding hydrogens is 412 g/mol. The minimum atomic E-state index is -0.960. The molecule has 1 aliphatic rings. The Morgan fingerprint density at radius 2 is 1.62 bits per heavy atom. The lowest BCUT2D eigenvalue weighted by atomic mass is 10.0. The zero-order valence-electron chi connectivity index (χ0n) is 18.0. The molecule has 0 spiro atoms. The Balaban J connectivity index is 1.52. The summed E-state index contributed by atoms with van der Waals surface area (Å²) in [6, 6.07) is 17.8. The average Bonchev–Trinajstić information content (AvgIpc) is 3.62. The second-order valence-corrected chi connectivity index (χ2v) is 7.46. The molecule has 1 saturated heterocycles. The number of ether oxygens (including phenoxy) is 3. The van der Waals surface area contributed by atoms with Gasteiger partial charge in [0.1, 0.15) is 12.6 Å². The van der Waals surface area contributed by atoms with Crippen LogP contribution < -0.4 is 10.6 Å². The summed E-state index contributed by atoms with van der Waals surface area (Å²) in [6.45, 7) is 1.06. The topological polar surface area (TPSA) is 106 Å². The van der Waals surface area contributed by atoms with E-state index in [-0.39, 0.29) is 12.5 Å². The van der Waals surface area contributed by atoms with Gasteiger partial charge >= 0.3 is 5.97 Å². The fourth-order valence-corrected chi connectivity index (χ4v) is 3.17. The maximum atomic E-state index is 12.7. The van der Waals surface area contributed by atoms with E-state index in [9.17, 15) is 14.4 Å². The lowest BCUT2D eigenvalue weighted by Crippen LogP contribution is -2.49. The van der Waals surface area contributed by atoms with Crippen molar-refractivity contribution < 1.29 is 28.6 Å². The molecule has 0 saturated carbocycles. The number of rotatable bonds is 12. The molecule has 8 nitrogen and oxygen atoms in total. The van der Waals surface area contributed by atoms with Crippen molar-refractivity contribution in [1.29, 1.82) is 0 Å². The largest absolute Gasteiger partial charge is 0.459 e. The van der Waals surface area contributed by atoms with Gasteiger partial charge in [0.05, 0.1) is 0 Å². The van der Waals surface area contributed by atoms with Gasteiger partial charge in [-0.05, 0) is 17.5 Å². The van der Waals surface area contributed by atoms with Gasteiger partial charge in [-0.25, -0.2) is 4.79 Å². The van der Waals surface area contributed by atoms with Crippen molar-refractivity contribution in [2.45, 2.75) is 37.7 Å². The molecular formula is C24H28N2O6. The van der Waals surface area contributed by atoms with Gasteiger partial charge in [0.2, 0.25) is 5.91 Å². The first-order valence-corrected chi connectivity index (χ1v) is 10.6. The maximum Gasteiger partial charge on any atom is 0.338 e. The lowest BCUT2D eigenvalue weighted by Gasteiger charge is -2.18. The summed E-state index contributed by atoms with van der Waals surface area (Å²) in [6.07, 6.45) is -0.938. The zero-order chi connectivity index (χ0) is 22.8. The van der Waals surface area contributed by atoms with Crippen molar-refractivity contribution in [3.05, 3.63) is 71.8 Å². The minimum Gasteiger partial charge on any atom is -0.459 e. The zero-order valence-corrected chi connectivity index (χ0v) is 18.0. The summed E-state index contributed by atoms with van der Waals surface area (Å²) >= 11 is 0. The molecule has 2 amide bonds. The van der Waals surface area contributed by atoms with E-state index in [0.29, 0.717) is 26.0 Å². The number of methoxy groups -OCH3 is 1. The molecule has 2 aromatic carbocycles. The third kappa shape index (κ3) is 7.18. The van der Waals surface area contributed by atoms with Crippen molar-refractivity contribution in [3.8, 4) is 0 Å². The standard InChI is InChI=1S/C24H28N2O6/c1-30-14-8-13-25-22(27)19(15-17-9-4-2-5-10-17)26-23(28)20-21(32-20)24(29)31-16-18-11-6-3-7-12-18/h2-7,9-12,19-21H,8,13-16H2,1H3,(H,25,27)(H,26,28)/t19-,20-,21-/m0/s1. The van der Waals surface area contributed by atoms with Gasteiger partial charge in [0.25, 0.3) is 5.91 Å². The molecule has 1 fully saturated rings. The lowest BCUT2D eigenvalue weighted by molar-refractivity contribution is -0.146. The van der Waals surface area contributed by atoms with Crippen molar-refractivity contribution in [2.24, 2.45) is 0 Å². The molecule has 0 unspecified atom stereocenters. The van der Waals surface area contributed by atoms with Crippen molar-refractivity contribution in [3.63, 3.8) is 0 Å². The molecule has 2 N–H and O–H groups in total. The first kappa shape index (κ1) is 23.4. The number of amides is 2. The summed E-state index contributed by atoms with van der Waals surface area (Å²) in [7, 11) is 1.59. The molecule has 32 heavy (non-hydrogen) atoms. The van der Waals surface area contributed by atoms with Crippen LogP contribution in [0.1, 0.15) is 17.5 Å². The fourth-order valence-electron chi connectivity index (χ4n) is 3.17. The van der Waals surface area contributed by atoms with Crippen LogP contribution in [0.25, 0.3) is 0 Å². The monoisotopic (exact) mass is 440 g/mol. The maximum absolute atomic E-state index is 12.7. The second kappa shape index (κ2) is 12.0. The predicted octanol–water partition coefficient (Wildman–Crippen LogP) is 1.38. The number of hydrogen-bond donors (Lipinski definition) is 2. The third-order valence-corrected chi connectivity index (χ3v) is 4.95. The highest BCUT2D eigenvalue weighted by Gasteiger charge is 2.52. The van der Waals surface area contributed by atoms with E-state index in [1.807, 2.05) is 60.7 Å². The van der Waals surface area contributed by atoms with Gasteiger partial charge in [-0.1, -0.05) is 60.7 Å². The second-order valence-electron chi connectivity index (χ2n) is 7.46. The highest BCUT2D eigenvalue weighted by Crippen LogP contribution is 2.24. The molecule has 8 heteroatoms. The van der Waals surface area contributed by atoms with E-state index >= 15 is 0 Å². The van der Waals surface area contributed by atoms with Gasteiger partial charge in [-0.2, -0.15) is 0 Å². The van der Waals surface area contributed by atoms with Gasteiger partial charge < -0.3 is 24.8 Å². The number of hydrogen-bond acceptors (Lipinski definition) is 6. The molecule has 0 aliphatic carbocycles. The number of carbonyl (C=O) groups excluding carboxylic acids is 3. The highest BCUT2D eigenvalue weighted by molar-refractivity contribution is 5.95. The first-order chi connectivity index (χ1) is 15.6. The number of esters is 1. The third-order valence-electron chi connectivity index (χ3n) is 4.95. The average molecular weight is 440 g/mol. The van der Waals surface area contributed by atoms with E-state index in [4.69, 9.17) is 14.2 Å². The predicted molar refractivity (Wildman–Crippen MR) is 116 cm³/mol. The summed E-state index contributed by atoms with van der Waals surface area (Å²) in [5.74, 6) is -1.42. The summed E-state index contributed by atoms with van der Waals surface area (Å²) < 4.78 is 15.4. The van der Waals surface area contributed by atoms with Crippen LogP contribution in [-0.4, -0.2) is 56.3 Å². The van der Waals surface area contributed by atoms with Gasteiger partial charge in [0, 0.05) is 26.7 Å². The molecule has 3 atom stereocenters. The normalized spacial score (nSPS) is 17.8. The molecule has 170 valence electrons. The fraction of sp³-hybridized carbons (Fsp3) is 0.375. The number of epoxide rings is 1. The number of carbonyl (C=O) groups is 3. The molecule has 0 radical (unpaired) electrons. The van der Waals surface area contributed by atoms with Crippen molar-refractivity contribution >= 4 is 17.8 Å². The highest BCUT2D eigenvalue weighted by atomic mass is 16.6. The Labute approximate surface area is 187 Å². The van der Waals surface area contributed by atoms with Crippen molar-refractivity contribution in [2.75, 3.05) is 20.3 Å². The Bertz CT molecular complexity index is 890. The van der Waals surface area contributed by atoms with Crippen LogP contribution in [-0.2, 0) is 41.6 Å². The van der Waals surface area contributed by atoms with E-state index in [1.54, 1.807) is 7.11 Å². The van der Waals surface area contributed by atoms with Crippen LogP contribution >= 0.6 is 0 Å².